The van der Waals surface area contributed by atoms with Crippen LogP contribution >= 0.6 is 0 Å². The Morgan fingerprint density at radius 1 is 0.538 bits per heavy atom. The van der Waals surface area contributed by atoms with Gasteiger partial charge in [-0.25, -0.2) is 0 Å². The van der Waals surface area contributed by atoms with E-state index >= 15 is 0 Å². The van der Waals surface area contributed by atoms with Crippen molar-refractivity contribution < 1.29 is 51.9 Å². The van der Waals surface area contributed by atoms with Gasteiger partial charge in [0.2, 0.25) is 0 Å². The molecular weight excluding hydrogens is 440 g/mol. The van der Waals surface area contributed by atoms with E-state index < -0.39 is 59.8 Å². The fraction of sp³-hybridized carbons (Fsp3) is 0.200. The third-order valence-corrected chi connectivity index (χ3v) is 10.7. The van der Waals surface area contributed by atoms with Gasteiger partial charge in [-0.15, -0.1) is 0 Å². The fourth-order valence-electron chi connectivity index (χ4n) is 2.67. The Balaban J connectivity index is 3.09. The molecule has 0 fully saturated rings. The van der Waals surface area contributed by atoms with Crippen LogP contribution in [-0.4, -0.2) is 60.0 Å². The van der Waals surface area contributed by atoms with Crippen molar-refractivity contribution in [2.24, 2.45) is 0 Å². The Labute approximate surface area is 148 Å². The second-order valence-corrected chi connectivity index (χ2v) is 12.0. The van der Waals surface area contributed by atoms with E-state index in [0.29, 0.717) is 24.3 Å². The predicted molar refractivity (Wildman–Crippen MR) is 86.1 cm³/mol. The molecule has 0 bridgehead atoms. The predicted octanol–water partition coefficient (Wildman–Crippen LogP) is -1.08. The summed E-state index contributed by atoms with van der Waals surface area (Å²) < 4.78 is 124. The zero-order chi connectivity index (χ0) is 20.4. The van der Waals surface area contributed by atoms with Crippen LogP contribution in [0.1, 0.15) is 0 Å². The number of fused-ring (bicyclic) bond motifs is 1. The molecule has 146 valence electrons. The molecule has 0 heterocycles. The Kier molecular flexibility index (Phi) is 4.46. The lowest BCUT2D eigenvalue weighted by Crippen LogP contribution is -2.54. The fourth-order valence-corrected chi connectivity index (χ4v) is 7.63. The van der Waals surface area contributed by atoms with Gasteiger partial charge in [0.05, 0.1) is 0 Å². The normalized spacial score (nSPS) is 22.3. The third kappa shape index (κ3) is 2.53. The second kappa shape index (κ2) is 5.55. The van der Waals surface area contributed by atoms with Crippen LogP contribution in [0, 0.1) is 0 Å². The molecule has 0 amide bonds. The topological polar surface area (TPSA) is 217 Å². The molecular formula is C10H10O12S4. The molecule has 4 N–H and O–H groups in total. The van der Waals surface area contributed by atoms with E-state index in [0.717, 1.165) is 0 Å². The van der Waals surface area contributed by atoms with Crippen molar-refractivity contribution in [1.82, 2.24) is 0 Å². The van der Waals surface area contributed by atoms with Crippen molar-refractivity contribution in [3.8, 4) is 0 Å². The van der Waals surface area contributed by atoms with Crippen molar-refractivity contribution in [3.63, 3.8) is 0 Å². The van der Waals surface area contributed by atoms with E-state index in [4.69, 9.17) is 0 Å². The highest BCUT2D eigenvalue weighted by molar-refractivity contribution is 8.06. The molecule has 0 aromatic rings. The summed E-state index contributed by atoms with van der Waals surface area (Å²) in [6.07, 6.45) is 2.68. The maximum absolute atomic E-state index is 11.8. The van der Waals surface area contributed by atoms with Crippen LogP contribution in [0.4, 0.5) is 0 Å². The highest BCUT2D eigenvalue weighted by atomic mass is 32.3. The third-order valence-electron chi connectivity index (χ3n) is 3.73. The molecule has 0 aromatic heterocycles. The summed E-state index contributed by atoms with van der Waals surface area (Å²) in [4.78, 5) is 0. The van der Waals surface area contributed by atoms with E-state index in [1.54, 1.807) is 0 Å². The molecule has 0 saturated heterocycles. The molecule has 0 aliphatic heterocycles. The summed E-state index contributed by atoms with van der Waals surface area (Å²) in [6, 6.07) is 0. The van der Waals surface area contributed by atoms with Crippen molar-refractivity contribution in [2.75, 3.05) is 0 Å². The average molecular weight is 450 g/mol. The number of hydrogen-bond donors (Lipinski definition) is 4. The molecule has 26 heavy (non-hydrogen) atoms. The van der Waals surface area contributed by atoms with Gasteiger partial charge in [-0.2, -0.15) is 33.7 Å². The standard InChI is InChI=1S/C10H10O12S4/c11-23(12,13)9(24(14,15)16)5-1-3-7-8(9)4-2-6-10(7,25(17,18)19)26(20,21)22/h1-6H,(H,11,12,13)(H,14,15,16)(H,17,18,19)(H,20,21,22). The summed E-state index contributed by atoms with van der Waals surface area (Å²) in [5.41, 5.74) is -2.47. The summed E-state index contributed by atoms with van der Waals surface area (Å²) in [6.45, 7) is 0. The quantitative estimate of drug-likeness (QED) is 0.376. The zero-order valence-corrected chi connectivity index (χ0v) is 15.4. The lowest BCUT2D eigenvalue weighted by Gasteiger charge is -2.37. The van der Waals surface area contributed by atoms with E-state index in [1.807, 2.05) is 0 Å². The molecule has 12 nitrogen and oxygen atoms in total. The Morgan fingerprint density at radius 3 is 0.962 bits per heavy atom. The van der Waals surface area contributed by atoms with Gasteiger partial charge in [-0.05, 0) is 12.2 Å². The summed E-state index contributed by atoms with van der Waals surface area (Å²) in [5, 5.41) is 0. The van der Waals surface area contributed by atoms with E-state index in [2.05, 4.69) is 0 Å². The van der Waals surface area contributed by atoms with Crippen LogP contribution in [0.5, 0.6) is 0 Å². The minimum Gasteiger partial charge on any atom is -0.284 e. The SMILES string of the molecule is O=S(=O)(O)C1(S(=O)(=O)O)C=CC=C2C1=CC=CC2(S(=O)(=O)O)S(=O)(=O)O. The van der Waals surface area contributed by atoms with Gasteiger partial charge in [-0.1, -0.05) is 24.3 Å². The van der Waals surface area contributed by atoms with Gasteiger partial charge in [0.25, 0.3) is 48.6 Å². The van der Waals surface area contributed by atoms with Crippen LogP contribution in [0.2, 0.25) is 0 Å². The summed E-state index contributed by atoms with van der Waals surface area (Å²) in [5.74, 6) is 0. The Morgan fingerprint density at radius 2 is 0.769 bits per heavy atom. The second-order valence-electron chi connectivity index (χ2n) is 5.11. The summed E-state index contributed by atoms with van der Waals surface area (Å²) >= 11 is 0. The lowest BCUT2D eigenvalue weighted by molar-refractivity contribution is 0.436. The number of hydrogen-bond acceptors (Lipinski definition) is 8. The molecule has 2 rings (SSSR count). The minimum absolute atomic E-state index is 0.255. The maximum Gasteiger partial charge on any atom is 0.295 e. The lowest BCUT2D eigenvalue weighted by atomic mass is 9.90. The largest absolute Gasteiger partial charge is 0.295 e. The molecule has 2 aliphatic rings. The molecule has 0 unspecified atom stereocenters. The number of allylic oxidation sites excluding steroid dienone is 4. The van der Waals surface area contributed by atoms with Gasteiger partial charge in [-0.3, -0.25) is 18.2 Å². The Hall–Kier alpha value is -1.40. The molecule has 16 heteroatoms. The van der Waals surface area contributed by atoms with E-state index in [-0.39, 0.29) is 12.2 Å². The molecule has 0 atom stereocenters. The van der Waals surface area contributed by atoms with Gasteiger partial charge < -0.3 is 0 Å². The molecule has 0 spiro atoms. The highest BCUT2D eigenvalue weighted by Crippen LogP contribution is 2.49. The van der Waals surface area contributed by atoms with Gasteiger partial charge in [0, 0.05) is 11.1 Å². The van der Waals surface area contributed by atoms with E-state index in [1.165, 1.54) is 0 Å². The molecule has 0 saturated carbocycles. The molecule has 0 aromatic carbocycles. The number of rotatable bonds is 4. The highest BCUT2D eigenvalue weighted by Gasteiger charge is 2.65. The van der Waals surface area contributed by atoms with Crippen molar-refractivity contribution in [1.29, 1.82) is 0 Å². The monoisotopic (exact) mass is 450 g/mol. The zero-order valence-electron chi connectivity index (χ0n) is 12.2. The van der Waals surface area contributed by atoms with Gasteiger partial charge in [0.15, 0.2) is 0 Å². The maximum atomic E-state index is 11.8. The van der Waals surface area contributed by atoms with Gasteiger partial charge in [0.1, 0.15) is 0 Å². The first-order valence-corrected chi connectivity index (χ1v) is 11.9. The smallest absolute Gasteiger partial charge is 0.284 e. The minimum atomic E-state index is -5.78. The average Bonchev–Trinajstić information content (AvgIpc) is 2.40. The summed E-state index contributed by atoms with van der Waals surface area (Å²) in [7, 11) is -23.1. The molecule has 2 aliphatic carbocycles. The van der Waals surface area contributed by atoms with Crippen LogP contribution < -0.4 is 0 Å². The molecule has 0 radical (unpaired) electrons. The van der Waals surface area contributed by atoms with Crippen molar-refractivity contribution in [3.05, 3.63) is 47.6 Å². The van der Waals surface area contributed by atoms with Crippen molar-refractivity contribution >= 4 is 40.5 Å². The van der Waals surface area contributed by atoms with E-state index in [9.17, 15) is 51.9 Å². The first kappa shape index (κ1) is 20.9. The first-order valence-electron chi connectivity index (χ1n) is 6.12. The van der Waals surface area contributed by atoms with Crippen molar-refractivity contribution in [2.45, 2.75) is 8.16 Å². The van der Waals surface area contributed by atoms with Crippen LogP contribution in [0.25, 0.3) is 0 Å². The Bertz CT molecular complexity index is 1040. The van der Waals surface area contributed by atoms with Crippen LogP contribution in [-0.2, 0) is 40.5 Å². The van der Waals surface area contributed by atoms with Crippen LogP contribution in [0.15, 0.2) is 47.6 Å². The van der Waals surface area contributed by atoms with Gasteiger partial charge >= 0.3 is 0 Å². The first-order chi connectivity index (χ1) is 11.4. The van der Waals surface area contributed by atoms with Crippen LogP contribution in [0.3, 0.4) is 0 Å².